The van der Waals surface area contributed by atoms with Crippen LogP contribution < -0.4 is 21.3 Å². The van der Waals surface area contributed by atoms with Crippen molar-refractivity contribution in [1.82, 2.24) is 10.6 Å². The minimum absolute atomic E-state index is 0.0450. The number of amides is 3. The summed E-state index contributed by atoms with van der Waals surface area (Å²) in [4.78, 5) is 36.9. The zero-order valence-electron chi connectivity index (χ0n) is 19.5. The Bertz CT molecular complexity index is 1290. The van der Waals surface area contributed by atoms with Gasteiger partial charge < -0.3 is 25.7 Å². The van der Waals surface area contributed by atoms with E-state index in [9.17, 15) is 14.4 Å². The highest BCUT2D eigenvalue weighted by Crippen LogP contribution is 2.12. The predicted octanol–water partition coefficient (Wildman–Crippen LogP) is 4.19. The third-order valence-corrected chi connectivity index (χ3v) is 5.33. The molecule has 0 atom stereocenters. The Kier molecular flexibility index (Phi) is 8.11. The van der Waals surface area contributed by atoms with Gasteiger partial charge in [-0.1, -0.05) is 30.3 Å². The van der Waals surface area contributed by atoms with Crippen LogP contribution >= 0.6 is 0 Å². The van der Waals surface area contributed by atoms with E-state index in [0.717, 1.165) is 5.56 Å². The first-order valence-electron chi connectivity index (χ1n) is 11.4. The number of carbonyl (C=O) groups is 3. The van der Waals surface area contributed by atoms with Crippen molar-refractivity contribution in [3.05, 3.63) is 120 Å². The summed E-state index contributed by atoms with van der Waals surface area (Å²) >= 11 is 0. The fourth-order valence-corrected chi connectivity index (χ4v) is 3.39. The largest absolute Gasteiger partial charge is 0.467 e. The van der Waals surface area contributed by atoms with E-state index in [1.165, 1.54) is 0 Å². The fourth-order valence-electron chi connectivity index (χ4n) is 3.39. The summed E-state index contributed by atoms with van der Waals surface area (Å²) in [5, 5.41) is 11.5. The van der Waals surface area contributed by atoms with Crippen LogP contribution in [0.15, 0.2) is 102 Å². The summed E-state index contributed by atoms with van der Waals surface area (Å²) in [5.41, 5.74) is 3.33. The SMILES string of the molecule is O=C(CNc1ccc(C(=O)NCc2ccco2)cc1)Nc1ccc(C(=O)NCc2ccccc2)cc1. The average Bonchev–Trinajstić information content (AvgIpc) is 3.44. The lowest BCUT2D eigenvalue weighted by atomic mass is 10.1. The van der Waals surface area contributed by atoms with Crippen molar-refractivity contribution < 1.29 is 18.8 Å². The Hall–Kier alpha value is -4.85. The summed E-state index contributed by atoms with van der Waals surface area (Å²) in [6.45, 7) is 0.801. The fraction of sp³-hybridized carbons (Fsp3) is 0.107. The number of hydrogen-bond acceptors (Lipinski definition) is 5. The van der Waals surface area contributed by atoms with E-state index in [0.29, 0.717) is 41.4 Å². The molecule has 36 heavy (non-hydrogen) atoms. The lowest BCUT2D eigenvalue weighted by Crippen LogP contribution is -2.23. The van der Waals surface area contributed by atoms with Gasteiger partial charge in [0.25, 0.3) is 11.8 Å². The van der Waals surface area contributed by atoms with Crippen LogP contribution in [0.5, 0.6) is 0 Å². The molecule has 0 aliphatic carbocycles. The number of furan rings is 1. The second-order valence-corrected chi connectivity index (χ2v) is 7.99. The third-order valence-electron chi connectivity index (χ3n) is 5.33. The van der Waals surface area contributed by atoms with Gasteiger partial charge in [-0.25, -0.2) is 0 Å². The zero-order valence-corrected chi connectivity index (χ0v) is 19.5. The summed E-state index contributed by atoms with van der Waals surface area (Å²) in [5.74, 6) is 0.0366. The smallest absolute Gasteiger partial charge is 0.251 e. The van der Waals surface area contributed by atoms with Crippen LogP contribution in [0.25, 0.3) is 0 Å². The Labute approximate surface area is 208 Å². The van der Waals surface area contributed by atoms with Crippen molar-refractivity contribution in [2.75, 3.05) is 17.2 Å². The lowest BCUT2D eigenvalue weighted by molar-refractivity contribution is -0.114. The number of nitrogens with one attached hydrogen (secondary N) is 4. The topological polar surface area (TPSA) is 112 Å². The van der Waals surface area contributed by atoms with Gasteiger partial charge >= 0.3 is 0 Å². The molecule has 0 unspecified atom stereocenters. The minimum atomic E-state index is -0.239. The Balaban J connectivity index is 1.20. The van der Waals surface area contributed by atoms with Gasteiger partial charge in [0.15, 0.2) is 0 Å². The van der Waals surface area contributed by atoms with Crippen LogP contribution in [0.1, 0.15) is 32.0 Å². The number of anilines is 2. The van der Waals surface area contributed by atoms with Gasteiger partial charge in [0, 0.05) is 29.0 Å². The molecule has 1 aromatic heterocycles. The maximum Gasteiger partial charge on any atom is 0.251 e. The summed E-state index contributed by atoms with van der Waals surface area (Å²) in [6.07, 6.45) is 1.56. The summed E-state index contributed by atoms with van der Waals surface area (Å²) < 4.78 is 5.20. The van der Waals surface area contributed by atoms with Crippen molar-refractivity contribution in [3.8, 4) is 0 Å². The Morgan fingerprint density at radius 2 is 1.25 bits per heavy atom. The number of hydrogen-bond donors (Lipinski definition) is 4. The molecule has 4 aromatic rings. The first kappa shape index (κ1) is 24.3. The van der Waals surface area contributed by atoms with Gasteiger partial charge in [-0.15, -0.1) is 0 Å². The summed E-state index contributed by atoms with van der Waals surface area (Å²) in [7, 11) is 0. The molecule has 8 nitrogen and oxygen atoms in total. The van der Waals surface area contributed by atoms with E-state index in [-0.39, 0.29) is 24.3 Å². The molecule has 0 spiro atoms. The number of carbonyl (C=O) groups excluding carboxylic acids is 3. The van der Waals surface area contributed by atoms with Crippen molar-refractivity contribution >= 4 is 29.1 Å². The van der Waals surface area contributed by atoms with Crippen LogP contribution in [0.3, 0.4) is 0 Å². The highest BCUT2D eigenvalue weighted by molar-refractivity contribution is 5.97. The van der Waals surface area contributed by atoms with Crippen LogP contribution in [-0.4, -0.2) is 24.3 Å². The minimum Gasteiger partial charge on any atom is -0.467 e. The van der Waals surface area contributed by atoms with Crippen molar-refractivity contribution in [2.45, 2.75) is 13.1 Å². The summed E-state index contributed by atoms with van der Waals surface area (Å²) in [6, 6.07) is 26.7. The highest BCUT2D eigenvalue weighted by atomic mass is 16.3. The van der Waals surface area contributed by atoms with Gasteiger partial charge in [0.1, 0.15) is 5.76 Å². The number of benzene rings is 3. The molecular weight excluding hydrogens is 456 g/mol. The Morgan fingerprint density at radius 1 is 0.639 bits per heavy atom. The maximum absolute atomic E-state index is 12.3. The van der Waals surface area contributed by atoms with Gasteiger partial charge in [-0.3, -0.25) is 14.4 Å². The van der Waals surface area contributed by atoms with Crippen LogP contribution in [0.2, 0.25) is 0 Å². The molecule has 0 saturated carbocycles. The quantitative estimate of drug-likeness (QED) is 0.271. The average molecular weight is 483 g/mol. The van der Waals surface area contributed by atoms with E-state index < -0.39 is 0 Å². The molecule has 1 heterocycles. The zero-order chi connectivity index (χ0) is 25.2. The molecule has 0 aliphatic rings. The molecule has 4 N–H and O–H groups in total. The molecule has 0 saturated heterocycles. The molecule has 0 aliphatic heterocycles. The molecule has 4 rings (SSSR count). The normalized spacial score (nSPS) is 10.3. The maximum atomic E-state index is 12.3. The van der Waals surface area contributed by atoms with Gasteiger partial charge in [-0.2, -0.15) is 0 Å². The van der Waals surface area contributed by atoms with E-state index in [1.54, 1.807) is 66.9 Å². The van der Waals surface area contributed by atoms with Gasteiger partial charge in [-0.05, 0) is 66.2 Å². The van der Waals surface area contributed by atoms with Crippen molar-refractivity contribution in [3.63, 3.8) is 0 Å². The molecule has 3 amide bonds. The second kappa shape index (κ2) is 12.0. The third kappa shape index (κ3) is 7.07. The Morgan fingerprint density at radius 3 is 1.86 bits per heavy atom. The predicted molar refractivity (Wildman–Crippen MR) is 137 cm³/mol. The van der Waals surface area contributed by atoms with Crippen molar-refractivity contribution in [1.29, 1.82) is 0 Å². The first-order valence-corrected chi connectivity index (χ1v) is 11.4. The highest BCUT2D eigenvalue weighted by Gasteiger charge is 2.09. The van der Waals surface area contributed by atoms with Gasteiger partial charge in [0.2, 0.25) is 5.91 Å². The lowest BCUT2D eigenvalue weighted by Gasteiger charge is -2.10. The molecule has 3 aromatic carbocycles. The molecule has 0 radical (unpaired) electrons. The molecular formula is C28H26N4O4. The van der Waals surface area contributed by atoms with Crippen molar-refractivity contribution in [2.24, 2.45) is 0 Å². The van der Waals surface area contributed by atoms with Crippen LogP contribution in [0.4, 0.5) is 11.4 Å². The first-order chi connectivity index (χ1) is 17.6. The van der Waals surface area contributed by atoms with Crippen LogP contribution in [0, 0.1) is 0 Å². The van der Waals surface area contributed by atoms with Gasteiger partial charge in [0.05, 0.1) is 19.4 Å². The molecule has 0 bridgehead atoms. The van der Waals surface area contributed by atoms with E-state index in [2.05, 4.69) is 21.3 Å². The van der Waals surface area contributed by atoms with Crippen LogP contribution in [-0.2, 0) is 17.9 Å². The molecule has 0 fully saturated rings. The molecule has 8 heteroatoms. The molecule has 182 valence electrons. The second-order valence-electron chi connectivity index (χ2n) is 7.99. The standard InChI is InChI=1S/C28H26N4O4/c33-26(19-29-23-12-8-21(9-13-23)28(35)31-18-25-7-4-16-36-25)32-24-14-10-22(11-15-24)27(34)30-17-20-5-2-1-3-6-20/h1-16,29H,17-19H2,(H,30,34)(H,31,35)(H,32,33). The number of rotatable bonds is 10. The van der Waals surface area contributed by atoms with E-state index >= 15 is 0 Å². The van der Waals surface area contributed by atoms with E-state index in [4.69, 9.17) is 4.42 Å². The van der Waals surface area contributed by atoms with E-state index in [1.807, 2.05) is 30.3 Å². The monoisotopic (exact) mass is 482 g/mol.